The first kappa shape index (κ1) is 18.2. The summed E-state index contributed by atoms with van der Waals surface area (Å²) >= 11 is 0. The highest BCUT2D eigenvalue weighted by atomic mass is 16.5. The Labute approximate surface area is 165 Å². The molecule has 0 aliphatic carbocycles. The summed E-state index contributed by atoms with van der Waals surface area (Å²) in [6.07, 6.45) is 0.176. The molecule has 3 aromatic carbocycles. The molecular weight excluding hydrogens is 346 g/mol. The number of H-pyrrole nitrogens is 1. The number of aromatic nitrogens is 1. The second-order valence-corrected chi connectivity index (χ2v) is 7.30. The summed E-state index contributed by atoms with van der Waals surface area (Å²) in [7, 11) is 0. The van der Waals surface area contributed by atoms with Crippen LogP contribution < -0.4 is 9.47 Å². The van der Waals surface area contributed by atoms with E-state index in [0.29, 0.717) is 6.61 Å². The van der Waals surface area contributed by atoms with Gasteiger partial charge in [0, 0.05) is 16.6 Å². The van der Waals surface area contributed by atoms with Crippen molar-refractivity contribution in [1.82, 2.24) is 4.98 Å². The first-order valence-corrected chi connectivity index (χ1v) is 9.66. The average molecular weight is 371 g/mol. The molecule has 1 heterocycles. The van der Waals surface area contributed by atoms with E-state index in [4.69, 9.17) is 9.47 Å². The first-order valence-electron chi connectivity index (χ1n) is 9.66. The van der Waals surface area contributed by atoms with Gasteiger partial charge < -0.3 is 14.5 Å². The maximum atomic E-state index is 5.99. The van der Waals surface area contributed by atoms with Gasteiger partial charge in [-0.3, -0.25) is 0 Å². The molecule has 3 heteroatoms. The van der Waals surface area contributed by atoms with Gasteiger partial charge in [0.25, 0.3) is 0 Å². The molecule has 0 spiro atoms. The van der Waals surface area contributed by atoms with Crippen molar-refractivity contribution in [2.24, 2.45) is 0 Å². The van der Waals surface area contributed by atoms with Crippen molar-refractivity contribution in [3.05, 3.63) is 83.9 Å². The minimum atomic E-state index is 0.176. The zero-order chi connectivity index (χ0) is 19.5. The van der Waals surface area contributed by atoms with Crippen molar-refractivity contribution in [2.75, 3.05) is 0 Å². The van der Waals surface area contributed by atoms with Gasteiger partial charge in [0.05, 0.1) is 6.10 Å². The van der Waals surface area contributed by atoms with E-state index >= 15 is 0 Å². The van der Waals surface area contributed by atoms with Crippen LogP contribution in [0.15, 0.2) is 72.8 Å². The zero-order valence-electron chi connectivity index (χ0n) is 16.5. The molecule has 0 amide bonds. The predicted molar refractivity (Wildman–Crippen MR) is 115 cm³/mol. The van der Waals surface area contributed by atoms with E-state index in [1.807, 2.05) is 50.2 Å². The van der Waals surface area contributed by atoms with Crippen molar-refractivity contribution < 1.29 is 9.47 Å². The van der Waals surface area contributed by atoms with Gasteiger partial charge in [-0.15, -0.1) is 0 Å². The van der Waals surface area contributed by atoms with Gasteiger partial charge in [-0.1, -0.05) is 30.3 Å². The lowest BCUT2D eigenvalue weighted by Crippen LogP contribution is -2.05. The standard InChI is InChI=1S/C25H25NO2/c1-17(2)28-21-11-9-20(10-12-21)25-18(3)23-15-22(13-14-24(23)26-25)27-16-19-7-5-4-6-8-19/h4-15,17,26H,16H2,1-3H3. The molecular formula is C25H25NO2. The van der Waals surface area contributed by atoms with E-state index in [9.17, 15) is 0 Å². The highest BCUT2D eigenvalue weighted by Crippen LogP contribution is 2.33. The number of hydrogen-bond donors (Lipinski definition) is 1. The van der Waals surface area contributed by atoms with Crippen molar-refractivity contribution >= 4 is 10.9 Å². The number of hydrogen-bond acceptors (Lipinski definition) is 2. The van der Waals surface area contributed by atoms with E-state index in [1.165, 1.54) is 10.9 Å². The molecule has 0 aliphatic heterocycles. The zero-order valence-corrected chi connectivity index (χ0v) is 16.5. The molecule has 0 radical (unpaired) electrons. The summed E-state index contributed by atoms with van der Waals surface area (Å²) in [6.45, 7) is 6.79. The molecule has 1 aromatic heterocycles. The third-order valence-corrected chi connectivity index (χ3v) is 4.79. The van der Waals surface area contributed by atoms with E-state index in [-0.39, 0.29) is 6.10 Å². The molecule has 28 heavy (non-hydrogen) atoms. The second-order valence-electron chi connectivity index (χ2n) is 7.30. The summed E-state index contributed by atoms with van der Waals surface area (Å²) in [5.74, 6) is 1.77. The average Bonchev–Trinajstić information content (AvgIpc) is 3.03. The van der Waals surface area contributed by atoms with Gasteiger partial charge in [0.2, 0.25) is 0 Å². The Morgan fingerprint density at radius 3 is 2.29 bits per heavy atom. The number of aromatic amines is 1. The van der Waals surface area contributed by atoms with Gasteiger partial charge in [-0.25, -0.2) is 0 Å². The van der Waals surface area contributed by atoms with Crippen molar-refractivity contribution in [1.29, 1.82) is 0 Å². The van der Waals surface area contributed by atoms with E-state index in [2.05, 4.69) is 48.3 Å². The number of benzene rings is 3. The molecule has 0 bridgehead atoms. The van der Waals surface area contributed by atoms with Crippen LogP contribution in [0.5, 0.6) is 11.5 Å². The molecule has 4 rings (SSSR count). The first-order chi connectivity index (χ1) is 13.6. The fraction of sp³-hybridized carbons (Fsp3) is 0.200. The van der Waals surface area contributed by atoms with Crippen molar-refractivity contribution in [3.8, 4) is 22.8 Å². The number of fused-ring (bicyclic) bond motifs is 1. The summed E-state index contributed by atoms with van der Waals surface area (Å²) in [5.41, 5.74) is 5.78. The Kier molecular flexibility index (Phi) is 5.07. The van der Waals surface area contributed by atoms with Crippen LogP contribution in [-0.2, 0) is 6.61 Å². The molecule has 0 unspecified atom stereocenters. The Morgan fingerprint density at radius 2 is 1.57 bits per heavy atom. The Morgan fingerprint density at radius 1 is 0.857 bits per heavy atom. The monoisotopic (exact) mass is 371 g/mol. The van der Waals surface area contributed by atoms with Crippen LogP contribution in [0.1, 0.15) is 25.0 Å². The second kappa shape index (κ2) is 7.81. The quantitative estimate of drug-likeness (QED) is 0.419. The van der Waals surface area contributed by atoms with E-state index < -0.39 is 0 Å². The number of ether oxygens (including phenoxy) is 2. The molecule has 142 valence electrons. The molecule has 3 nitrogen and oxygen atoms in total. The summed E-state index contributed by atoms with van der Waals surface area (Å²) in [6, 6.07) is 24.7. The maximum absolute atomic E-state index is 5.99. The van der Waals surface area contributed by atoms with Crippen molar-refractivity contribution in [3.63, 3.8) is 0 Å². The van der Waals surface area contributed by atoms with Crippen LogP contribution in [0.2, 0.25) is 0 Å². The normalized spacial score (nSPS) is 11.1. The smallest absolute Gasteiger partial charge is 0.120 e. The highest BCUT2D eigenvalue weighted by Gasteiger charge is 2.11. The third-order valence-electron chi connectivity index (χ3n) is 4.79. The highest BCUT2D eigenvalue weighted by molar-refractivity contribution is 5.91. The SMILES string of the molecule is Cc1c(-c2ccc(OC(C)C)cc2)[nH]c2ccc(OCc3ccccc3)cc12. The Balaban J connectivity index is 1.58. The minimum Gasteiger partial charge on any atom is -0.491 e. The van der Waals surface area contributed by atoms with Gasteiger partial charge >= 0.3 is 0 Å². The van der Waals surface area contributed by atoms with E-state index in [0.717, 1.165) is 33.8 Å². The number of aryl methyl sites for hydroxylation is 1. The van der Waals surface area contributed by atoms with Crippen LogP contribution in [0.25, 0.3) is 22.2 Å². The predicted octanol–water partition coefficient (Wildman–Crippen LogP) is 6.51. The lowest BCUT2D eigenvalue weighted by molar-refractivity contribution is 0.242. The minimum absolute atomic E-state index is 0.176. The molecule has 0 saturated heterocycles. The van der Waals surface area contributed by atoms with Gasteiger partial charge in [-0.2, -0.15) is 0 Å². The van der Waals surface area contributed by atoms with Crippen LogP contribution in [-0.4, -0.2) is 11.1 Å². The van der Waals surface area contributed by atoms with Gasteiger partial charge in [0.1, 0.15) is 18.1 Å². The number of nitrogens with one attached hydrogen (secondary N) is 1. The molecule has 0 aliphatic rings. The van der Waals surface area contributed by atoms with Gasteiger partial charge in [0.15, 0.2) is 0 Å². The number of rotatable bonds is 6. The molecule has 0 saturated carbocycles. The summed E-state index contributed by atoms with van der Waals surface area (Å²) in [4.78, 5) is 3.55. The van der Waals surface area contributed by atoms with Crippen LogP contribution in [0.3, 0.4) is 0 Å². The van der Waals surface area contributed by atoms with Crippen LogP contribution >= 0.6 is 0 Å². The molecule has 0 atom stereocenters. The lowest BCUT2D eigenvalue weighted by Gasteiger charge is -2.10. The fourth-order valence-corrected chi connectivity index (χ4v) is 3.40. The summed E-state index contributed by atoms with van der Waals surface area (Å²) in [5, 5.41) is 1.18. The van der Waals surface area contributed by atoms with Gasteiger partial charge in [-0.05, 0) is 79.9 Å². The lowest BCUT2D eigenvalue weighted by atomic mass is 10.1. The van der Waals surface area contributed by atoms with Crippen LogP contribution in [0, 0.1) is 6.92 Å². The summed E-state index contributed by atoms with van der Waals surface area (Å²) < 4.78 is 11.7. The molecule has 4 aromatic rings. The van der Waals surface area contributed by atoms with Crippen LogP contribution in [0.4, 0.5) is 0 Å². The fourth-order valence-electron chi connectivity index (χ4n) is 3.40. The Hall–Kier alpha value is -3.20. The molecule has 0 fully saturated rings. The van der Waals surface area contributed by atoms with E-state index in [1.54, 1.807) is 0 Å². The largest absolute Gasteiger partial charge is 0.491 e. The Bertz CT molecular complexity index is 1060. The van der Waals surface area contributed by atoms with Crippen molar-refractivity contribution in [2.45, 2.75) is 33.5 Å². The maximum Gasteiger partial charge on any atom is 0.120 e. The molecule has 1 N–H and O–H groups in total. The third kappa shape index (κ3) is 3.89. The topological polar surface area (TPSA) is 34.2 Å².